The Bertz CT molecular complexity index is 969. The zero-order valence-electron chi connectivity index (χ0n) is 18.1. The largest absolute Gasteiger partial charge is 0.491 e. The molecule has 1 saturated heterocycles. The van der Waals surface area contributed by atoms with Gasteiger partial charge in [0.2, 0.25) is 0 Å². The first-order valence-corrected chi connectivity index (χ1v) is 10.7. The highest BCUT2D eigenvalue weighted by Gasteiger charge is 2.39. The number of methoxy groups -OCH3 is 1. The summed E-state index contributed by atoms with van der Waals surface area (Å²) in [5, 5.41) is 0. The van der Waals surface area contributed by atoms with E-state index in [0.717, 1.165) is 12.2 Å². The smallest absolute Gasteiger partial charge is 0.416 e. The Morgan fingerprint density at radius 2 is 1.94 bits per heavy atom. The molecule has 3 aliphatic rings. The Hall–Kier alpha value is -3.01. The van der Waals surface area contributed by atoms with E-state index in [9.17, 15) is 22.8 Å². The molecule has 1 aromatic carbocycles. The van der Waals surface area contributed by atoms with Gasteiger partial charge in [0.1, 0.15) is 12.4 Å². The summed E-state index contributed by atoms with van der Waals surface area (Å²) in [6, 6.07) is 4.18. The van der Waals surface area contributed by atoms with Gasteiger partial charge in [0.15, 0.2) is 0 Å². The summed E-state index contributed by atoms with van der Waals surface area (Å²) >= 11 is 0. The van der Waals surface area contributed by atoms with E-state index in [-0.39, 0.29) is 31.5 Å². The molecule has 2 atom stereocenters. The summed E-state index contributed by atoms with van der Waals surface area (Å²) in [7, 11) is 1.28. The van der Waals surface area contributed by atoms with Crippen molar-refractivity contribution >= 4 is 12.0 Å². The summed E-state index contributed by atoms with van der Waals surface area (Å²) in [5.41, 5.74) is 0.333. The second-order valence-electron chi connectivity index (χ2n) is 8.12. The number of benzene rings is 1. The number of allylic oxidation sites excluding steroid dienone is 3. The standard InChI is InChI=1S/C23H25F3N2O5/c1-31-21(29)16-2-3-17-13-28(22(30)27-8-10-32-11-9-27)19(14-33-20(17)12-16)15-4-6-18(7-5-15)23(24,25)26/h2-4,6-7,12,15,19H,5,8-11,13-14H2,1H3/t15?,19-/m1/s1. The minimum atomic E-state index is -4.41. The van der Waals surface area contributed by atoms with Gasteiger partial charge in [0.25, 0.3) is 0 Å². The van der Waals surface area contributed by atoms with Crippen LogP contribution >= 0.6 is 0 Å². The van der Waals surface area contributed by atoms with Gasteiger partial charge in [-0.15, -0.1) is 0 Å². The highest BCUT2D eigenvalue weighted by atomic mass is 19.4. The third kappa shape index (κ3) is 5.00. The third-order valence-electron chi connectivity index (χ3n) is 6.12. The van der Waals surface area contributed by atoms with E-state index in [1.807, 2.05) is 0 Å². The number of carbonyl (C=O) groups excluding carboxylic acids is 2. The number of hydrogen-bond acceptors (Lipinski definition) is 5. The lowest BCUT2D eigenvalue weighted by Crippen LogP contribution is -2.54. The van der Waals surface area contributed by atoms with Gasteiger partial charge in [0, 0.05) is 24.6 Å². The van der Waals surface area contributed by atoms with E-state index in [0.29, 0.717) is 43.2 Å². The quantitative estimate of drug-likeness (QED) is 0.624. The van der Waals surface area contributed by atoms with Crippen LogP contribution in [0, 0.1) is 5.92 Å². The molecule has 2 aliphatic heterocycles. The highest BCUT2D eigenvalue weighted by Crippen LogP contribution is 2.35. The number of ether oxygens (including phenoxy) is 3. The zero-order chi connectivity index (χ0) is 23.6. The topological polar surface area (TPSA) is 68.3 Å². The summed E-state index contributed by atoms with van der Waals surface area (Å²) < 4.78 is 55.3. The maximum absolute atomic E-state index is 13.5. The predicted molar refractivity (Wildman–Crippen MR) is 112 cm³/mol. The Morgan fingerprint density at radius 3 is 2.58 bits per heavy atom. The molecule has 2 amide bonds. The molecule has 33 heavy (non-hydrogen) atoms. The van der Waals surface area contributed by atoms with Gasteiger partial charge in [-0.1, -0.05) is 24.3 Å². The van der Waals surface area contributed by atoms with Crippen LogP contribution < -0.4 is 4.74 Å². The van der Waals surface area contributed by atoms with E-state index in [1.54, 1.807) is 28.0 Å². The number of urea groups is 1. The van der Waals surface area contributed by atoms with Crippen LogP contribution in [-0.4, -0.2) is 74.0 Å². The van der Waals surface area contributed by atoms with Crippen molar-refractivity contribution in [3.63, 3.8) is 0 Å². The van der Waals surface area contributed by atoms with Gasteiger partial charge in [-0.2, -0.15) is 13.2 Å². The van der Waals surface area contributed by atoms with Crippen molar-refractivity contribution in [1.29, 1.82) is 0 Å². The van der Waals surface area contributed by atoms with E-state index >= 15 is 0 Å². The van der Waals surface area contributed by atoms with Crippen LogP contribution in [0.3, 0.4) is 0 Å². The van der Waals surface area contributed by atoms with E-state index < -0.39 is 23.8 Å². The van der Waals surface area contributed by atoms with Crippen molar-refractivity contribution < 1.29 is 37.0 Å². The monoisotopic (exact) mass is 466 g/mol. The summed E-state index contributed by atoms with van der Waals surface area (Å²) in [5.74, 6) is -0.412. The molecule has 0 N–H and O–H groups in total. The second-order valence-corrected chi connectivity index (χ2v) is 8.12. The van der Waals surface area contributed by atoms with Crippen molar-refractivity contribution in [1.82, 2.24) is 9.80 Å². The average molecular weight is 466 g/mol. The molecule has 0 spiro atoms. The predicted octanol–water partition coefficient (Wildman–Crippen LogP) is 3.55. The molecule has 2 heterocycles. The summed E-state index contributed by atoms with van der Waals surface area (Å²) in [6.45, 7) is 2.03. The lowest BCUT2D eigenvalue weighted by molar-refractivity contribution is -0.0888. The Morgan fingerprint density at radius 1 is 1.18 bits per heavy atom. The van der Waals surface area contributed by atoms with Crippen molar-refractivity contribution in [3.8, 4) is 5.75 Å². The van der Waals surface area contributed by atoms with Gasteiger partial charge in [0.05, 0.1) is 44.0 Å². The second kappa shape index (κ2) is 9.46. The van der Waals surface area contributed by atoms with Crippen LogP contribution in [0.1, 0.15) is 22.3 Å². The number of carbonyl (C=O) groups is 2. The number of rotatable bonds is 2. The molecule has 0 bridgehead atoms. The molecule has 10 heteroatoms. The van der Waals surface area contributed by atoms with Crippen molar-refractivity contribution in [2.45, 2.75) is 25.2 Å². The first-order chi connectivity index (χ1) is 15.8. The van der Waals surface area contributed by atoms with E-state index in [1.165, 1.54) is 13.2 Å². The molecule has 4 rings (SSSR count). The molecule has 0 radical (unpaired) electrons. The number of esters is 1. The average Bonchev–Trinajstić information content (AvgIpc) is 3.02. The summed E-state index contributed by atoms with van der Waals surface area (Å²) in [4.78, 5) is 28.7. The van der Waals surface area contributed by atoms with Crippen LogP contribution in [0.4, 0.5) is 18.0 Å². The first kappa shape index (κ1) is 23.2. The normalized spacial score (nSPS) is 23.2. The van der Waals surface area contributed by atoms with Gasteiger partial charge in [-0.25, -0.2) is 9.59 Å². The number of morpholine rings is 1. The highest BCUT2D eigenvalue weighted by molar-refractivity contribution is 5.90. The first-order valence-electron chi connectivity index (χ1n) is 10.7. The molecule has 1 unspecified atom stereocenters. The molecule has 7 nitrogen and oxygen atoms in total. The van der Waals surface area contributed by atoms with Gasteiger partial charge >= 0.3 is 18.2 Å². The number of hydrogen-bond donors (Lipinski definition) is 0. The maximum Gasteiger partial charge on any atom is 0.416 e. The fraction of sp³-hybridized carbons (Fsp3) is 0.478. The van der Waals surface area contributed by atoms with Crippen LogP contribution in [0.5, 0.6) is 5.75 Å². The zero-order valence-corrected chi connectivity index (χ0v) is 18.1. The molecule has 0 saturated carbocycles. The molecule has 1 fully saturated rings. The lowest BCUT2D eigenvalue weighted by Gasteiger charge is -2.39. The Balaban J connectivity index is 1.62. The van der Waals surface area contributed by atoms with Crippen LogP contribution in [0.2, 0.25) is 0 Å². The number of nitrogens with zero attached hydrogens (tertiary/aromatic N) is 2. The third-order valence-corrected chi connectivity index (χ3v) is 6.12. The summed E-state index contributed by atoms with van der Waals surface area (Å²) in [6.07, 6.45) is -0.540. The molecule has 178 valence electrons. The van der Waals surface area contributed by atoms with Crippen LogP contribution in [-0.2, 0) is 16.0 Å². The van der Waals surface area contributed by atoms with Gasteiger partial charge < -0.3 is 24.0 Å². The van der Waals surface area contributed by atoms with Crippen molar-refractivity contribution in [2.24, 2.45) is 5.92 Å². The molecular formula is C23H25F3N2O5. The SMILES string of the molecule is COC(=O)c1ccc2c(c1)OC[C@H](C1C=CC(C(F)(F)F)=CC1)N(C(=O)N1CCOCC1)C2. The fourth-order valence-electron chi connectivity index (χ4n) is 4.26. The molecular weight excluding hydrogens is 441 g/mol. The maximum atomic E-state index is 13.5. The van der Waals surface area contributed by atoms with Crippen LogP contribution in [0.25, 0.3) is 0 Å². The van der Waals surface area contributed by atoms with Gasteiger partial charge in [-0.3, -0.25) is 0 Å². The van der Waals surface area contributed by atoms with Crippen molar-refractivity contribution in [2.75, 3.05) is 40.0 Å². The molecule has 0 aromatic heterocycles. The van der Waals surface area contributed by atoms with Gasteiger partial charge in [-0.05, 0) is 18.6 Å². The van der Waals surface area contributed by atoms with E-state index in [2.05, 4.69) is 0 Å². The molecule has 1 aliphatic carbocycles. The Kier molecular flexibility index (Phi) is 6.64. The van der Waals surface area contributed by atoms with Crippen molar-refractivity contribution in [3.05, 3.63) is 53.1 Å². The molecule has 1 aromatic rings. The fourth-order valence-corrected chi connectivity index (χ4v) is 4.26. The lowest BCUT2D eigenvalue weighted by atomic mass is 9.89. The number of halogens is 3. The van der Waals surface area contributed by atoms with Crippen LogP contribution in [0.15, 0.2) is 42.0 Å². The van der Waals surface area contributed by atoms with E-state index in [4.69, 9.17) is 14.2 Å². The minimum Gasteiger partial charge on any atom is -0.491 e. The number of alkyl halides is 3. The number of amides is 2. The Labute approximate surface area is 189 Å². The number of fused-ring (bicyclic) bond motifs is 1. The minimum absolute atomic E-state index is 0.0813.